The van der Waals surface area contributed by atoms with Crippen molar-refractivity contribution in [2.45, 2.75) is 32.4 Å². The van der Waals surface area contributed by atoms with Crippen molar-refractivity contribution in [1.82, 2.24) is 5.32 Å². The molecule has 0 saturated heterocycles. The Labute approximate surface area is 117 Å². The summed E-state index contributed by atoms with van der Waals surface area (Å²) in [6.07, 6.45) is 0.683. The molecular formula is C15H19NO4. The van der Waals surface area contributed by atoms with Crippen LogP contribution in [0.1, 0.15) is 36.4 Å². The first-order valence-electron chi connectivity index (χ1n) is 6.60. The SMILES string of the molecule is CCC(C)(O)CNCc1ccc2oc(C(=O)O)cc2c1. The standard InChI is InChI=1S/C15H19NO4/c1-3-15(2,19)9-16-8-10-4-5-12-11(6-10)7-13(20-12)14(17)18/h4-7,16,19H,3,8-9H2,1-2H3,(H,17,18). The molecule has 3 N–H and O–H groups in total. The molecule has 1 atom stereocenters. The summed E-state index contributed by atoms with van der Waals surface area (Å²) in [5.41, 5.74) is 0.866. The van der Waals surface area contributed by atoms with Crippen LogP contribution in [0, 0.1) is 0 Å². The predicted octanol–water partition coefficient (Wildman–Crippen LogP) is 2.38. The smallest absolute Gasteiger partial charge is 0.371 e. The zero-order valence-corrected chi connectivity index (χ0v) is 11.6. The van der Waals surface area contributed by atoms with E-state index in [1.165, 1.54) is 6.07 Å². The van der Waals surface area contributed by atoms with E-state index in [0.717, 1.165) is 10.9 Å². The van der Waals surface area contributed by atoms with Gasteiger partial charge in [-0.05, 0) is 37.1 Å². The van der Waals surface area contributed by atoms with Crippen molar-refractivity contribution in [3.05, 3.63) is 35.6 Å². The van der Waals surface area contributed by atoms with Crippen molar-refractivity contribution < 1.29 is 19.4 Å². The molecule has 0 amide bonds. The van der Waals surface area contributed by atoms with Gasteiger partial charge in [0.2, 0.25) is 5.76 Å². The van der Waals surface area contributed by atoms with Crippen LogP contribution in [0.2, 0.25) is 0 Å². The topological polar surface area (TPSA) is 82.7 Å². The van der Waals surface area contributed by atoms with E-state index in [0.29, 0.717) is 25.1 Å². The van der Waals surface area contributed by atoms with Crippen LogP contribution in [-0.2, 0) is 6.54 Å². The molecule has 0 bridgehead atoms. The number of carbonyl (C=O) groups is 1. The second kappa shape index (κ2) is 5.64. The molecule has 0 aliphatic rings. The fraction of sp³-hybridized carbons (Fsp3) is 0.400. The second-order valence-corrected chi connectivity index (χ2v) is 5.24. The summed E-state index contributed by atoms with van der Waals surface area (Å²) in [6, 6.07) is 7.05. The van der Waals surface area contributed by atoms with Gasteiger partial charge in [0.1, 0.15) is 5.58 Å². The molecule has 2 aromatic rings. The highest BCUT2D eigenvalue weighted by molar-refractivity contribution is 5.91. The number of aromatic carboxylic acids is 1. The Balaban J connectivity index is 2.06. The van der Waals surface area contributed by atoms with E-state index >= 15 is 0 Å². The van der Waals surface area contributed by atoms with Crippen molar-refractivity contribution in [3.8, 4) is 0 Å². The van der Waals surface area contributed by atoms with Crippen LogP contribution in [0.4, 0.5) is 0 Å². The van der Waals surface area contributed by atoms with E-state index in [4.69, 9.17) is 9.52 Å². The Bertz CT molecular complexity index is 615. The molecule has 1 unspecified atom stereocenters. The largest absolute Gasteiger partial charge is 0.475 e. The van der Waals surface area contributed by atoms with Gasteiger partial charge in [0.05, 0.1) is 5.60 Å². The van der Waals surface area contributed by atoms with Crippen LogP contribution >= 0.6 is 0 Å². The number of furan rings is 1. The number of benzene rings is 1. The third-order valence-electron chi connectivity index (χ3n) is 3.39. The van der Waals surface area contributed by atoms with Crippen molar-refractivity contribution in [1.29, 1.82) is 0 Å². The number of fused-ring (bicyclic) bond motifs is 1. The maximum Gasteiger partial charge on any atom is 0.371 e. The third-order valence-corrected chi connectivity index (χ3v) is 3.39. The highest BCUT2D eigenvalue weighted by atomic mass is 16.4. The molecule has 1 aromatic carbocycles. The fourth-order valence-corrected chi connectivity index (χ4v) is 1.91. The maximum atomic E-state index is 10.8. The summed E-state index contributed by atoms with van der Waals surface area (Å²) in [5.74, 6) is -1.13. The third kappa shape index (κ3) is 3.37. The molecule has 20 heavy (non-hydrogen) atoms. The van der Waals surface area contributed by atoms with Crippen LogP contribution in [0.5, 0.6) is 0 Å². The molecular weight excluding hydrogens is 258 g/mol. The van der Waals surface area contributed by atoms with Gasteiger partial charge in [-0.15, -0.1) is 0 Å². The number of rotatable bonds is 6. The first-order chi connectivity index (χ1) is 9.41. The molecule has 0 spiro atoms. The van der Waals surface area contributed by atoms with E-state index in [2.05, 4.69) is 5.32 Å². The molecule has 0 radical (unpaired) electrons. The Morgan fingerprint density at radius 2 is 2.15 bits per heavy atom. The Morgan fingerprint density at radius 3 is 2.80 bits per heavy atom. The zero-order chi connectivity index (χ0) is 14.8. The number of carboxylic acids is 1. The highest BCUT2D eigenvalue weighted by Crippen LogP contribution is 2.21. The van der Waals surface area contributed by atoms with Gasteiger partial charge in [-0.3, -0.25) is 0 Å². The minimum Gasteiger partial charge on any atom is -0.475 e. The molecule has 2 rings (SSSR count). The summed E-state index contributed by atoms with van der Waals surface area (Å²) in [4.78, 5) is 10.8. The number of nitrogens with one attached hydrogen (secondary N) is 1. The van der Waals surface area contributed by atoms with Crippen LogP contribution in [-0.4, -0.2) is 28.3 Å². The van der Waals surface area contributed by atoms with Crippen LogP contribution in [0.15, 0.2) is 28.7 Å². The van der Waals surface area contributed by atoms with Gasteiger partial charge in [0.25, 0.3) is 0 Å². The van der Waals surface area contributed by atoms with E-state index in [-0.39, 0.29) is 5.76 Å². The van der Waals surface area contributed by atoms with E-state index in [9.17, 15) is 9.90 Å². The average molecular weight is 277 g/mol. The zero-order valence-electron chi connectivity index (χ0n) is 11.6. The molecule has 0 saturated carbocycles. The number of hydrogen-bond donors (Lipinski definition) is 3. The second-order valence-electron chi connectivity index (χ2n) is 5.24. The minimum atomic E-state index is -1.07. The Kier molecular flexibility index (Phi) is 4.11. The molecule has 108 valence electrons. The summed E-state index contributed by atoms with van der Waals surface area (Å²) in [5, 5.41) is 22.7. The van der Waals surface area contributed by atoms with Crippen LogP contribution < -0.4 is 5.32 Å². The van der Waals surface area contributed by atoms with Crippen LogP contribution in [0.25, 0.3) is 11.0 Å². The lowest BCUT2D eigenvalue weighted by atomic mass is 10.0. The molecule has 0 aliphatic carbocycles. The normalized spacial score (nSPS) is 14.3. The minimum absolute atomic E-state index is 0.0565. The van der Waals surface area contributed by atoms with E-state index in [1.807, 2.05) is 19.1 Å². The number of carboxylic acid groups (broad SMARTS) is 1. The van der Waals surface area contributed by atoms with Gasteiger partial charge in [-0.1, -0.05) is 13.0 Å². The lowest BCUT2D eigenvalue weighted by Crippen LogP contribution is -2.36. The van der Waals surface area contributed by atoms with Gasteiger partial charge in [-0.2, -0.15) is 0 Å². The molecule has 0 fully saturated rings. The van der Waals surface area contributed by atoms with Gasteiger partial charge in [0, 0.05) is 18.5 Å². The lowest BCUT2D eigenvalue weighted by Gasteiger charge is -2.21. The van der Waals surface area contributed by atoms with Crippen LogP contribution in [0.3, 0.4) is 0 Å². The number of hydrogen-bond acceptors (Lipinski definition) is 4. The molecule has 1 heterocycles. The van der Waals surface area contributed by atoms with Crippen molar-refractivity contribution in [2.75, 3.05) is 6.54 Å². The van der Waals surface area contributed by atoms with Gasteiger partial charge in [0.15, 0.2) is 0 Å². The fourth-order valence-electron chi connectivity index (χ4n) is 1.91. The average Bonchev–Trinajstić information content (AvgIpc) is 2.82. The van der Waals surface area contributed by atoms with Crippen molar-refractivity contribution >= 4 is 16.9 Å². The Morgan fingerprint density at radius 1 is 1.40 bits per heavy atom. The lowest BCUT2D eigenvalue weighted by molar-refractivity contribution is 0.0555. The van der Waals surface area contributed by atoms with Crippen molar-refractivity contribution in [3.63, 3.8) is 0 Å². The predicted molar refractivity (Wildman–Crippen MR) is 75.8 cm³/mol. The maximum absolute atomic E-state index is 10.8. The summed E-state index contributed by atoms with van der Waals surface area (Å²) < 4.78 is 5.20. The quantitative estimate of drug-likeness (QED) is 0.755. The van der Waals surface area contributed by atoms with Gasteiger partial charge < -0.3 is 19.9 Å². The molecule has 1 aromatic heterocycles. The molecule has 5 nitrogen and oxygen atoms in total. The summed E-state index contributed by atoms with van der Waals surface area (Å²) in [7, 11) is 0. The molecule has 5 heteroatoms. The van der Waals surface area contributed by atoms with Gasteiger partial charge >= 0.3 is 5.97 Å². The van der Waals surface area contributed by atoms with E-state index < -0.39 is 11.6 Å². The summed E-state index contributed by atoms with van der Waals surface area (Å²) in [6.45, 7) is 4.85. The molecule has 0 aliphatic heterocycles. The Hall–Kier alpha value is -1.85. The first-order valence-corrected chi connectivity index (χ1v) is 6.60. The van der Waals surface area contributed by atoms with Crippen molar-refractivity contribution in [2.24, 2.45) is 0 Å². The number of aliphatic hydroxyl groups is 1. The monoisotopic (exact) mass is 277 g/mol. The first kappa shape index (κ1) is 14.6. The van der Waals surface area contributed by atoms with E-state index in [1.54, 1.807) is 13.0 Å². The highest BCUT2D eigenvalue weighted by Gasteiger charge is 2.16. The van der Waals surface area contributed by atoms with Gasteiger partial charge in [-0.25, -0.2) is 4.79 Å². The summed E-state index contributed by atoms with van der Waals surface area (Å²) >= 11 is 0.